The lowest BCUT2D eigenvalue weighted by molar-refractivity contribution is -0.123. The maximum atomic E-state index is 12.7. The van der Waals surface area contributed by atoms with E-state index in [1.807, 2.05) is 36.4 Å². The van der Waals surface area contributed by atoms with Gasteiger partial charge in [-0.1, -0.05) is 48.6 Å². The summed E-state index contributed by atoms with van der Waals surface area (Å²) in [5, 5.41) is 3.16. The summed E-state index contributed by atoms with van der Waals surface area (Å²) in [6.45, 7) is 3.71. The van der Waals surface area contributed by atoms with Crippen molar-refractivity contribution in [3.63, 3.8) is 0 Å². The van der Waals surface area contributed by atoms with Crippen molar-refractivity contribution in [2.24, 2.45) is 11.3 Å². The Kier molecular flexibility index (Phi) is 7.15. The van der Waals surface area contributed by atoms with Gasteiger partial charge in [0.05, 0.1) is 14.2 Å². The molecular formula is C27H34N2O3. The van der Waals surface area contributed by atoms with Gasteiger partial charge in [0.1, 0.15) is 11.5 Å². The van der Waals surface area contributed by atoms with E-state index in [9.17, 15) is 4.79 Å². The molecule has 1 amide bonds. The Labute approximate surface area is 191 Å². The van der Waals surface area contributed by atoms with Crippen LogP contribution in [0.5, 0.6) is 11.5 Å². The summed E-state index contributed by atoms with van der Waals surface area (Å²) in [6.07, 6.45) is 8.41. The Morgan fingerprint density at radius 3 is 2.50 bits per heavy atom. The molecular weight excluding hydrogens is 400 g/mol. The van der Waals surface area contributed by atoms with Gasteiger partial charge in [-0.2, -0.15) is 0 Å². The SMILES string of the molecule is COc1ccccc1/C=C/CN1CCC2(CC1)C[C@H]2C(=O)NCCc1ccccc1OC. The molecule has 1 saturated heterocycles. The van der Waals surface area contributed by atoms with Gasteiger partial charge in [0.2, 0.25) is 5.91 Å². The molecule has 2 aromatic carbocycles. The monoisotopic (exact) mass is 434 g/mol. The predicted molar refractivity (Wildman–Crippen MR) is 128 cm³/mol. The van der Waals surface area contributed by atoms with Crippen molar-refractivity contribution in [2.75, 3.05) is 40.4 Å². The Balaban J connectivity index is 1.19. The molecule has 1 aliphatic heterocycles. The number of piperidine rings is 1. The summed E-state index contributed by atoms with van der Waals surface area (Å²) < 4.78 is 10.8. The van der Waals surface area contributed by atoms with E-state index in [2.05, 4.69) is 34.5 Å². The molecule has 1 N–H and O–H groups in total. The zero-order valence-electron chi connectivity index (χ0n) is 19.2. The van der Waals surface area contributed by atoms with E-state index in [0.717, 1.165) is 67.9 Å². The second-order valence-electron chi connectivity index (χ2n) is 8.92. The number of methoxy groups -OCH3 is 2. The van der Waals surface area contributed by atoms with Crippen molar-refractivity contribution in [1.29, 1.82) is 0 Å². The minimum atomic E-state index is 0.187. The van der Waals surface area contributed by atoms with Gasteiger partial charge >= 0.3 is 0 Å². The number of carbonyl (C=O) groups is 1. The minimum absolute atomic E-state index is 0.187. The van der Waals surface area contributed by atoms with Gasteiger partial charge in [-0.25, -0.2) is 0 Å². The Bertz CT molecular complexity index is 947. The molecule has 32 heavy (non-hydrogen) atoms. The predicted octanol–water partition coefficient (Wildman–Crippen LogP) is 4.18. The lowest BCUT2D eigenvalue weighted by Crippen LogP contribution is -2.37. The number of benzene rings is 2. The molecule has 5 heteroatoms. The maximum absolute atomic E-state index is 12.7. The molecule has 1 atom stereocenters. The first-order chi connectivity index (χ1) is 15.6. The molecule has 5 nitrogen and oxygen atoms in total. The fraction of sp³-hybridized carbons (Fsp3) is 0.444. The van der Waals surface area contributed by atoms with Crippen LogP contribution in [-0.4, -0.2) is 51.2 Å². The number of likely N-dealkylation sites (tertiary alicyclic amines) is 1. The molecule has 4 rings (SSSR count). The van der Waals surface area contributed by atoms with E-state index in [-0.39, 0.29) is 17.2 Å². The topological polar surface area (TPSA) is 50.8 Å². The van der Waals surface area contributed by atoms with Crippen LogP contribution in [0.2, 0.25) is 0 Å². The summed E-state index contributed by atoms with van der Waals surface area (Å²) in [6, 6.07) is 16.1. The number of para-hydroxylation sites is 2. The molecule has 1 heterocycles. The third kappa shape index (κ3) is 5.16. The fourth-order valence-corrected chi connectivity index (χ4v) is 4.94. The number of nitrogens with one attached hydrogen (secondary N) is 1. The number of hydrogen-bond donors (Lipinski definition) is 1. The summed E-state index contributed by atoms with van der Waals surface area (Å²) >= 11 is 0. The highest BCUT2D eigenvalue weighted by atomic mass is 16.5. The van der Waals surface area contributed by atoms with Gasteiger partial charge in [0.15, 0.2) is 0 Å². The van der Waals surface area contributed by atoms with E-state index in [4.69, 9.17) is 9.47 Å². The van der Waals surface area contributed by atoms with Crippen LogP contribution in [0.25, 0.3) is 6.08 Å². The Hall–Kier alpha value is -2.79. The van der Waals surface area contributed by atoms with Crippen LogP contribution >= 0.6 is 0 Å². The standard InChI is InChI=1S/C27H34N2O3/c1-31-24-11-5-3-8-21(24)10-7-17-29-18-14-27(15-19-29)20-23(27)26(30)28-16-13-22-9-4-6-12-25(22)32-2/h3-12,23H,13-20H2,1-2H3,(H,28,30)/b10-7+/t23-/m0/s1. The van der Waals surface area contributed by atoms with E-state index in [0.29, 0.717) is 6.54 Å². The van der Waals surface area contributed by atoms with E-state index < -0.39 is 0 Å². The summed E-state index contributed by atoms with van der Waals surface area (Å²) in [5.41, 5.74) is 2.48. The molecule has 2 fully saturated rings. The average molecular weight is 435 g/mol. The van der Waals surface area contributed by atoms with Crippen LogP contribution in [0.4, 0.5) is 0 Å². The fourth-order valence-electron chi connectivity index (χ4n) is 4.94. The van der Waals surface area contributed by atoms with Crippen LogP contribution < -0.4 is 14.8 Å². The second-order valence-corrected chi connectivity index (χ2v) is 8.92. The van der Waals surface area contributed by atoms with E-state index in [1.165, 1.54) is 0 Å². The molecule has 0 unspecified atom stereocenters. The quantitative estimate of drug-likeness (QED) is 0.643. The van der Waals surface area contributed by atoms with E-state index >= 15 is 0 Å². The normalized spacial score (nSPS) is 19.8. The number of rotatable bonds is 9. The lowest BCUT2D eigenvalue weighted by Gasteiger charge is -2.32. The summed E-state index contributed by atoms with van der Waals surface area (Å²) in [4.78, 5) is 15.2. The maximum Gasteiger partial charge on any atom is 0.223 e. The first-order valence-electron chi connectivity index (χ1n) is 11.6. The van der Waals surface area contributed by atoms with Gasteiger partial charge < -0.3 is 14.8 Å². The first-order valence-corrected chi connectivity index (χ1v) is 11.6. The Morgan fingerprint density at radius 2 is 1.75 bits per heavy atom. The minimum Gasteiger partial charge on any atom is -0.496 e. The van der Waals surface area contributed by atoms with Crippen molar-refractivity contribution in [3.8, 4) is 11.5 Å². The van der Waals surface area contributed by atoms with E-state index in [1.54, 1.807) is 14.2 Å². The average Bonchev–Trinajstić information content (AvgIpc) is 3.54. The van der Waals surface area contributed by atoms with Gasteiger partial charge in [-0.3, -0.25) is 9.69 Å². The molecule has 1 saturated carbocycles. The molecule has 1 spiro atoms. The number of hydrogen-bond acceptors (Lipinski definition) is 4. The summed E-state index contributed by atoms with van der Waals surface area (Å²) in [7, 11) is 3.39. The third-order valence-corrected chi connectivity index (χ3v) is 7.04. The molecule has 0 bridgehead atoms. The number of ether oxygens (including phenoxy) is 2. The first kappa shape index (κ1) is 22.4. The smallest absolute Gasteiger partial charge is 0.223 e. The van der Waals surface area contributed by atoms with Crippen LogP contribution in [0.3, 0.4) is 0 Å². The van der Waals surface area contributed by atoms with Crippen molar-refractivity contribution in [1.82, 2.24) is 10.2 Å². The molecule has 2 aliphatic rings. The van der Waals surface area contributed by atoms with Crippen LogP contribution in [-0.2, 0) is 11.2 Å². The highest BCUT2D eigenvalue weighted by Crippen LogP contribution is 2.59. The van der Waals surface area contributed by atoms with Crippen LogP contribution in [0.15, 0.2) is 54.6 Å². The van der Waals surface area contributed by atoms with Crippen molar-refractivity contribution in [3.05, 3.63) is 65.7 Å². The van der Waals surface area contributed by atoms with Gasteiger partial charge in [0, 0.05) is 24.6 Å². The molecule has 0 radical (unpaired) electrons. The van der Waals surface area contributed by atoms with Gasteiger partial charge in [-0.15, -0.1) is 0 Å². The third-order valence-electron chi connectivity index (χ3n) is 7.04. The van der Waals surface area contributed by atoms with Crippen LogP contribution in [0, 0.1) is 11.3 Å². The highest BCUT2D eigenvalue weighted by molar-refractivity contribution is 5.82. The largest absolute Gasteiger partial charge is 0.496 e. The highest BCUT2D eigenvalue weighted by Gasteiger charge is 2.58. The number of nitrogens with zero attached hydrogens (tertiary/aromatic N) is 1. The Morgan fingerprint density at radius 1 is 1.06 bits per heavy atom. The number of carbonyl (C=O) groups excluding carboxylic acids is 1. The van der Waals surface area contributed by atoms with Crippen LogP contribution in [0.1, 0.15) is 30.4 Å². The number of amides is 1. The zero-order valence-corrected chi connectivity index (χ0v) is 19.2. The van der Waals surface area contributed by atoms with Crippen molar-refractivity contribution >= 4 is 12.0 Å². The lowest BCUT2D eigenvalue weighted by atomic mass is 9.90. The van der Waals surface area contributed by atoms with Crippen molar-refractivity contribution < 1.29 is 14.3 Å². The van der Waals surface area contributed by atoms with Gasteiger partial charge in [-0.05, 0) is 61.9 Å². The zero-order chi connectivity index (χ0) is 22.4. The van der Waals surface area contributed by atoms with Crippen molar-refractivity contribution in [2.45, 2.75) is 25.7 Å². The van der Waals surface area contributed by atoms with Gasteiger partial charge in [0.25, 0.3) is 0 Å². The molecule has 1 aliphatic carbocycles. The summed E-state index contributed by atoms with van der Waals surface area (Å²) in [5.74, 6) is 2.20. The molecule has 170 valence electrons. The molecule has 2 aromatic rings. The second kappa shape index (κ2) is 10.2. The molecule has 0 aromatic heterocycles.